The first-order valence-corrected chi connectivity index (χ1v) is 12.3. The number of nitrogens with one attached hydrogen (secondary N) is 1. The molecule has 0 bridgehead atoms. The molecule has 1 heterocycles. The monoisotopic (exact) mass is 493 g/mol. The van der Waals surface area contributed by atoms with E-state index in [-0.39, 0.29) is 24.4 Å². The van der Waals surface area contributed by atoms with Gasteiger partial charge < -0.3 is 19.4 Å². The second-order valence-electron chi connectivity index (χ2n) is 8.18. The maximum Gasteiger partial charge on any atom is 0.327 e. The van der Waals surface area contributed by atoms with Crippen LogP contribution in [0.15, 0.2) is 77.2 Å². The topological polar surface area (TPSA) is 123 Å². The molecule has 2 unspecified atom stereocenters. The molecule has 182 valence electrons. The minimum Gasteiger partial charge on any atom is -0.755 e. The number of carboxylic acids is 1. The summed E-state index contributed by atoms with van der Waals surface area (Å²) in [4.78, 5) is 24.1. The zero-order valence-corrected chi connectivity index (χ0v) is 19.7. The molecule has 3 aromatic carbocycles. The Morgan fingerprint density at radius 2 is 1.69 bits per heavy atom. The summed E-state index contributed by atoms with van der Waals surface area (Å²) in [5, 5.41) is 14.2. The first kappa shape index (κ1) is 24.4. The van der Waals surface area contributed by atoms with Gasteiger partial charge in [-0.3, -0.25) is 13.3 Å². The zero-order chi connectivity index (χ0) is 24.8. The molecule has 0 aliphatic rings. The van der Waals surface area contributed by atoms with Crippen LogP contribution in [0.5, 0.6) is 0 Å². The lowest BCUT2D eigenvalue weighted by atomic mass is 10.1. The zero-order valence-electron chi connectivity index (χ0n) is 18.9. The van der Waals surface area contributed by atoms with Crippen molar-refractivity contribution in [2.24, 2.45) is 0 Å². The van der Waals surface area contributed by atoms with E-state index in [0.717, 1.165) is 15.3 Å². The van der Waals surface area contributed by atoms with Crippen molar-refractivity contribution in [3.8, 4) is 0 Å². The molecule has 0 spiro atoms. The van der Waals surface area contributed by atoms with Crippen LogP contribution < -0.4 is 9.62 Å². The quantitative estimate of drug-likeness (QED) is 0.239. The first-order valence-electron chi connectivity index (χ1n) is 11.3. The van der Waals surface area contributed by atoms with Crippen LogP contribution in [0, 0.1) is 0 Å². The number of hydrogen-bond donors (Lipinski definition) is 2. The number of anilines is 1. The molecule has 0 saturated heterocycles. The summed E-state index contributed by atoms with van der Waals surface area (Å²) < 4.78 is 30.9. The highest BCUT2D eigenvalue weighted by Gasteiger charge is 2.27. The molecular formula is C26H25N2O6S-. The Labute approximate surface area is 205 Å². The second-order valence-corrected chi connectivity index (χ2v) is 9.01. The van der Waals surface area contributed by atoms with Crippen molar-refractivity contribution in [2.75, 3.05) is 10.8 Å². The summed E-state index contributed by atoms with van der Waals surface area (Å²) in [6.45, 7) is 0.380. The molecule has 0 saturated carbocycles. The van der Waals surface area contributed by atoms with Crippen molar-refractivity contribution < 1.29 is 27.9 Å². The normalized spacial score (nSPS) is 12.9. The van der Waals surface area contributed by atoms with Crippen molar-refractivity contribution >= 4 is 50.8 Å². The van der Waals surface area contributed by atoms with Gasteiger partial charge in [0.15, 0.2) is 0 Å². The van der Waals surface area contributed by atoms with Crippen LogP contribution in [-0.4, -0.2) is 38.3 Å². The number of carboxylic acid groups (broad SMARTS) is 1. The highest BCUT2D eigenvalue weighted by Crippen LogP contribution is 2.33. The number of nitrogens with zero attached hydrogens (tertiary/aromatic N) is 1. The predicted octanol–water partition coefficient (Wildman–Crippen LogP) is 4.17. The molecule has 4 rings (SSSR count). The molecule has 2 atom stereocenters. The number of carbonyl (C=O) groups excluding carboxylic acids is 1. The van der Waals surface area contributed by atoms with E-state index >= 15 is 0 Å². The van der Waals surface area contributed by atoms with Gasteiger partial charge in [0, 0.05) is 28.6 Å². The Morgan fingerprint density at radius 1 is 0.971 bits per heavy atom. The van der Waals surface area contributed by atoms with Crippen LogP contribution in [0.25, 0.3) is 21.9 Å². The summed E-state index contributed by atoms with van der Waals surface area (Å²) in [5.41, 5.74) is 2.41. The summed E-state index contributed by atoms with van der Waals surface area (Å²) in [6.07, 6.45) is 1.32. The summed E-state index contributed by atoms with van der Waals surface area (Å²) in [7, 11) is 0. The smallest absolute Gasteiger partial charge is 0.327 e. The van der Waals surface area contributed by atoms with Gasteiger partial charge in [0.2, 0.25) is 5.91 Å². The molecule has 0 aliphatic heterocycles. The molecular weight excluding hydrogens is 468 g/mol. The second kappa shape index (κ2) is 11.2. The fourth-order valence-corrected chi connectivity index (χ4v) is 4.79. The maximum absolute atomic E-state index is 12.1. The van der Waals surface area contributed by atoms with Gasteiger partial charge in [-0.2, -0.15) is 0 Å². The van der Waals surface area contributed by atoms with Crippen molar-refractivity contribution in [3.63, 3.8) is 0 Å². The van der Waals surface area contributed by atoms with E-state index in [1.807, 2.05) is 54.6 Å². The molecule has 2 N–H and O–H groups in total. The lowest BCUT2D eigenvalue weighted by Gasteiger charge is -2.32. The van der Waals surface area contributed by atoms with Crippen molar-refractivity contribution in [2.45, 2.75) is 31.7 Å². The van der Waals surface area contributed by atoms with Crippen LogP contribution >= 0.6 is 0 Å². The number of furan rings is 1. The van der Waals surface area contributed by atoms with Crippen LogP contribution in [0.2, 0.25) is 0 Å². The summed E-state index contributed by atoms with van der Waals surface area (Å²) >= 11 is -2.80. The van der Waals surface area contributed by atoms with Crippen molar-refractivity contribution in [1.29, 1.82) is 0 Å². The third-order valence-corrected chi connectivity index (χ3v) is 6.56. The molecule has 9 heteroatoms. The van der Waals surface area contributed by atoms with Crippen LogP contribution in [-0.2, 0) is 27.3 Å². The molecule has 0 aliphatic carbocycles. The third-order valence-electron chi connectivity index (χ3n) is 5.78. The Hall–Kier alpha value is -3.69. The van der Waals surface area contributed by atoms with Gasteiger partial charge in [0.25, 0.3) is 0 Å². The number of amides is 1. The highest BCUT2D eigenvalue weighted by atomic mass is 32.2. The molecule has 0 radical (unpaired) electrons. The fraction of sp³-hybridized carbons (Fsp3) is 0.231. The number of unbranched alkanes of at least 4 members (excludes halogenated alkanes) is 1. The Morgan fingerprint density at radius 3 is 2.43 bits per heavy atom. The van der Waals surface area contributed by atoms with E-state index in [0.29, 0.717) is 35.9 Å². The van der Waals surface area contributed by atoms with E-state index < -0.39 is 23.3 Å². The number of hydrogen-bond acceptors (Lipinski definition) is 5. The number of aliphatic carboxylic acids is 1. The Bertz CT molecular complexity index is 1350. The van der Waals surface area contributed by atoms with Crippen LogP contribution in [0.3, 0.4) is 0 Å². The van der Waals surface area contributed by atoms with E-state index in [4.69, 9.17) is 4.42 Å². The minimum atomic E-state index is -2.80. The lowest BCUT2D eigenvalue weighted by Crippen LogP contribution is -2.42. The Kier molecular flexibility index (Phi) is 7.79. The predicted molar refractivity (Wildman–Crippen MR) is 134 cm³/mol. The van der Waals surface area contributed by atoms with Gasteiger partial charge in [-0.25, -0.2) is 4.79 Å². The number of fused-ring (bicyclic) bond motifs is 3. The molecule has 1 amide bonds. The summed E-state index contributed by atoms with van der Waals surface area (Å²) in [5.74, 6) is -1.35. The molecule has 0 fully saturated rings. The van der Waals surface area contributed by atoms with E-state index in [2.05, 4.69) is 5.32 Å². The molecule has 8 nitrogen and oxygen atoms in total. The number of para-hydroxylation sites is 1. The largest absolute Gasteiger partial charge is 0.755 e. The van der Waals surface area contributed by atoms with Crippen LogP contribution in [0.4, 0.5) is 5.69 Å². The SMILES string of the molecule is O=C(Cc1ccccc1)NCCCCC(C(=O)O)N(c1ccc2oc3ccccc3c2c1)S(=O)[O-]. The molecule has 1 aromatic heterocycles. The van der Waals surface area contributed by atoms with Gasteiger partial charge >= 0.3 is 5.97 Å². The lowest BCUT2D eigenvalue weighted by molar-refractivity contribution is -0.138. The molecule has 4 aromatic rings. The summed E-state index contributed by atoms with van der Waals surface area (Å²) in [6, 6.07) is 20.3. The van der Waals surface area contributed by atoms with Gasteiger partial charge in [-0.1, -0.05) is 48.5 Å². The van der Waals surface area contributed by atoms with Crippen molar-refractivity contribution in [1.82, 2.24) is 5.32 Å². The number of carbonyl (C=O) groups is 2. The van der Waals surface area contributed by atoms with Gasteiger partial charge in [0.05, 0.1) is 12.1 Å². The average Bonchev–Trinajstić information content (AvgIpc) is 3.21. The standard InChI is InChI=1S/C26H26N2O6S/c29-25(16-18-8-2-1-3-9-18)27-15-7-6-11-22(26(30)31)28(35(32)33)19-13-14-24-21(17-19)20-10-4-5-12-23(20)34-24/h1-5,8-10,12-14,17,22H,6-7,11,15-16H2,(H,27,29)(H,30,31)(H,32,33)/p-1. The highest BCUT2D eigenvalue weighted by molar-refractivity contribution is 7.80. The molecule has 35 heavy (non-hydrogen) atoms. The Balaban J connectivity index is 1.41. The van der Waals surface area contributed by atoms with Crippen molar-refractivity contribution in [3.05, 3.63) is 78.4 Å². The van der Waals surface area contributed by atoms with Crippen LogP contribution in [0.1, 0.15) is 24.8 Å². The average molecular weight is 494 g/mol. The van der Waals surface area contributed by atoms with Gasteiger partial charge in [0.1, 0.15) is 17.2 Å². The number of benzene rings is 3. The number of rotatable bonds is 11. The van der Waals surface area contributed by atoms with E-state index in [1.54, 1.807) is 18.2 Å². The van der Waals surface area contributed by atoms with E-state index in [9.17, 15) is 23.5 Å². The fourth-order valence-electron chi connectivity index (χ4n) is 4.10. The van der Waals surface area contributed by atoms with E-state index in [1.165, 1.54) is 0 Å². The first-order chi connectivity index (χ1) is 16.9. The van der Waals surface area contributed by atoms with Gasteiger partial charge in [-0.05, 0) is 49.1 Å². The minimum absolute atomic E-state index is 0.0992. The van der Waals surface area contributed by atoms with Gasteiger partial charge in [-0.15, -0.1) is 0 Å². The maximum atomic E-state index is 12.1. The third kappa shape index (κ3) is 5.87.